The van der Waals surface area contributed by atoms with Crippen LogP contribution in [0.4, 0.5) is 11.4 Å². The summed E-state index contributed by atoms with van der Waals surface area (Å²) >= 11 is 0. The first kappa shape index (κ1) is 44.4. The number of hydrogen-bond acceptors (Lipinski definition) is 13. The Bertz CT molecular complexity index is 2290. The van der Waals surface area contributed by atoms with Crippen LogP contribution in [0.15, 0.2) is 60.7 Å². The first-order chi connectivity index (χ1) is 30.7. The van der Waals surface area contributed by atoms with Crippen LogP contribution in [0.2, 0.25) is 0 Å². The lowest BCUT2D eigenvalue weighted by atomic mass is 9.92. The van der Waals surface area contributed by atoms with Crippen LogP contribution >= 0.6 is 0 Å². The Morgan fingerprint density at radius 3 is 1.94 bits per heavy atom. The number of carbonyl (C=O) groups excluding carboxylic acids is 4. The van der Waals surface area contributed by atoms with Gasteiger partial charge in [0.2, 0.25) is 5.91 Å². The number of aliphatic hydroxyl groups excluding tert-OH is 1. The molecule has 0 spiro atoms. The van der Waals surface area contributed by atoms with Gasteiger partial charge in [-0.05, 0) is 57.4 Å². The molecule has 16 nitrogen and oxygen atoms in total. The molecule has 336 valence electrons. The molecule has 1 atom stereocenters. The number of nitrogens with one attached hydrogen (secondary N) is 1. The number of anilines is 2. The fourth-order valence-electron chi connectivity index (χ4n) is 9.30. The molecule has 8 rings (SSSR count). The number of likely N-dealkylation sites (N-methyl/N-ethyl adjacent to an activating group) is 2. The summed E-state index contributed by atoms with van der Waals surface area (Å²) in [4.78, 5) is 69.1. The molecule has 0 aromatic heterocycles. The Labute approximate surface area is 369 Å². The summed E-state index contributed by atoms with van der Waals surface area (Å²) in [5.74, 6) is -1.23. The number of nitrogens with zero attached hydrogens (tertiary/aromatic N) is 7. The van der Waals surface area contributed by atoms with Crippen LogP contribution in [-0.2, 0) is 14.3 Å². The predicted octanol–water partition coefficient (Wildman–Crippen LogP) is 2.04. The zero-order valence-corrected chi connectivity index (χ0v) is 36.6. The first-order valence-electron chi connectivity index (χ1n) is 22.3. The van der Waals surface area contributed by atoms with Gasteiger partial charge in [0.05, 0.1) is 19.8 Å². The summed E-state index contributed by atoms with van der Waals surface area (Å²) < 4.78 is 11.0. The number of carbonyl (C=O) groups is 4. The summed E-state index contributed by atoms with van der Waals surface area (Å²) in [5, 5.41) is 18.3. The summed E-state index contributed by atoms with van der Waals surface area (Å²) in [6, 6.07) is 19.3. The summed E-state index contributed by atoms with van der Waals surface area (Å²) in [7, 11) is 4.23. The lowest BCUT2D eigenvalue weighted by Crippen LogP contribution is -2.47. The molecule has 0 bridgehead atoms. The SMILES string of the molecule is CN1CCN(c2ccc3c4c(cccc24)C(=O)N(CCN(CCCNCCN2C(=O)c4cccc5c(N6CCN(C)CC6)ccc(c45)C2O)C(=O)COCCOCCN)C3=O)CC1. The third-order valence-electron chi connectivity index (χ3n) is 12.9. The molecule has 4 heterocycles. The number of hydrogen-bond donors (Lipinski definition) is 3. The largest absolute Gasteiger partial charge is 0.378 e. The fraction of sp³-hybridized carbons (Fsp3) is 0.489. The number of aliphatic hydroxyl groups is 1. The van der Waals surface area contributed by atoms with Crippen LogP contribution in [0.3, 0.4) is 0 Å². The minimum Gasteiger partial charge on any atom is -0.378 e. The first-order valence-corrected chi connectivity index (χ1v) is 22.3. The van der Waals surface area contributed by atoms with Crippen molar-refractivity contribution in [3.8, 4) is 0 Å². The zero-order valence-electron chi connectivity index (χ0n) is 36.6. The lowest BCUT2D eigenvalue weighted by molar-refractivity contribution is -0.136. The number of ether oxygens (including phenoxy) is 2. The number of piperazine rings is 2. The maximum atomic E-state index is 14.0. The highest BCUT2D eigenvalue weighted by Crippen LogP contribution is 2.40. The Morgan fingerprint density at radius 2 is 1.29 bits per heavy atom. The molecular formula is C47H61N9O7. The molecule has 63 heavy (non-hydrogen) atoms. The van der Waals surface area contributed by atoms with Crippen molar-refractivity contribution in [2.45, 2.75) is 12.6 Å². The van der Waals surface area contributed by atoms with Crippen molar-refractivity contribution >= 4 is 56.5 Å². The molecule has 0 aliphatic carbocycles. The van der Waals surface area contributed by atoms with Gasteiger partial charge in [-0.2, -0.15) is 0 Å². The minimum atomic E-state index is -1.08. The van der Waals surface area contributed by atoms with Gasteiger partial charge >= 0.3 is 0 Å². The molecule has 2 saturated heterocycles. The molecular weight excluding hydrogens is 803 g/mol. The molecule has 4 aliphatic rings. The standard InChI is InChI=1S/C47H61N9O7/c1-50-19-23-52(24-20-50)39-12-10-37-42-33(39)6-3-8-35(42)44(58)55(46(37)60)18-16-49-15-5-17-54(41(57)32-63-31-30-62-29-14-48)27-28-56-45(59)36-9-4-7-34-40(53-25-21-51(2)22-26-53)13-11-38(43(34)36)47(56)61/h3-4,6-13,46,49,60H,5,14-32,48H2,1-2H3. The average molecular weight is 864 g/mol. The molecule has 4 aliphatic heterocycles. The molecule has 1 unspecified atom stereocenters. The smallest absolute Gasteiger partial charge is 0.261 e. The van der Waals surface area contributed by atoms with Gasteiger partial charge in [-0.15, -0.1) is 0 Å². The Balaban J connectivity index is 0.880. The average Bonchev–Trinajstić information content (AvgIpc) is 3.30. The topological polar surface area (TPSA) is 168 Å². The van der Waals surface area contributed by atoms with Gasteiger partial charge in [-0.3, -0.25) is 24.1 Å². The van der Waals surface area contributed by atoms with Crippen LogP contribution in [0.5, 0.6) is 0 Å². The fourth-order valence-corrected chi connectivity index (χ4v) is 9.30. The van der Waals surface area contributed by atoms with Crippen molar-refractivity contribution in [2.75, 3.05) is 148 Å². The highest BCUT2D eigenvalue weighted by Gasteiger charge is 2.36. The zero-order chi connectivity index (χ0) is 44.0. The highest BCUT2D eigenvalue weighted by molar-refractivity contribution is 6.27. The van der Waals surface area contributed by atoms with Crippen molar-refractivity contribution < 1.29 is 33.8 Å². The van der Waals surface area contributed by atoms with Crippen molar-refractivity contribution in [2.24, 2.45) is 5.73 Å². The van der Waals surface area contributed by atoms with E-state index in [9.17, 15) is 24.3 Å². The van der Waals surface area contributed by atoms with E-state index in [1.807, 2.05) is 48.5 Å². The van der Waals surface area contributed by atoms with E-state index in [1.165, 1.54) is 9.80 Å². The summed E-state index contributed by atoms with van der Waals surface area (Å²) in [6.45, 7) is 10.2. The number of benzene rings is 4. The van der Waals surface area contributed by atoms with E-state index in [0.717, 1.165) is 85.5 Å². The Morgan fingerprint density at radius 1 is 0.698 bits per heavy atom. The Kier molecular flexibility index (Phi) is 14.2. The van der Waals surface area contributed by atoms with Crippen molar-refractivity contribution in [1.82, 2.24) is 29.8 Å². The van der Waals surface area contributed by atoms with Crippen molar-refractivity contribution in [3.63, 3.8) is 0 Å². The molecule has 2 fully saturated rings. The lowest BCUT2D eigenvalue weighted by Gasteiger charge is -2.37. The molecule has 4 aromatic carbocycles. The quantitative estimate of drug-likeness (QED) is 0.0927. The molecule has 4 aromatic rings. The maximum absolute atomic E-state index is 14.0. The van der Waals surface area contributed by atoms with E-state index in [0.29, 0.717) is 67.9 Å². The van der Waals surface area contributed by atoms with E-state index in [1.54, 1.807) is 11.0 Å². The van der Waals surface area contributed by atoms with E-state index >= 15 is 0 Å². The minimum absolute atomic E-state index is 0.0204. The van der Waals surface area contributed by atoms with Crippen LogP contribution in [0.1, 0.15) is 49.3 Å². The highest BCUT2D eigenvalue weighted by atomic mass is 16.5. The van der Waals surface area contributed by atoms with Gasteiger partial charge in [-0.25, -0.2) is 0 Å². The molecule has 0 saturated carbocycles. The van der Waals surface area contributed by atoms with Crippen LogP contribution < -0.4 is 20.9 Å². The molecule has 16 heteroatoms. The van der Waals surface area contributed by atoms with Gasteiger partial charge in [0, 0.05) is 147 Å². The normalized spacial score (nSPS) is 18.3. The van der Waals surface area contributed by atoms with E-state index < -0.39 is 6.23 Å². The predicted molar refractivity (Wildman–Crippen MR) is 243 cm³/mol. The molecule has 4 N–H and O–H groups in total. The summed E-state index contributed by atoms with van der Waals surface area (Å²) in [5.41, 5.74) is 9.89. The number of amides is 4. The third-order valence-corrected chi connectivity index (χ3v) is 12.9. The van der Waals surface area contributed by atoms with E-state index in [4.69, 9.17) is 15.2 Å². The molecule has 0 radical (unpaired) electrons. The second kappa shape index (κ2) is 20.1. The second-order valence-electron chi connectivity index (χ2n) is 16.9. The van der Waals surface area contributed by atoms with E-state index in [2.05, 4.69) is 45.1 Å². The number of nitrogens with two attached hydrogens (primary N) is 1. The number of imide groups is 1. The number of rotatable bonds is 19. The van der Waals surface area contributed by atoms with Gasteiger partial charge in [-0.1, -0.05) is 30.3 Å². The van der Waals surface area contributed by atoms with Crippen molar-refractivity contribution in [3.05, 3.63) is 82.9 Å². The summed E-state index contributed by atoms with van der Waals surface area (Å²) in [6.07, 6.45) is -0.525. The van der Waals surface area contributed by atoms with Gasteiger partial charge in [0.25, 0.3) is 17.7 Å². The van der Waals surface area contributed by atoms with Crippen LogP contribution in [0.25, 0.3) is 21.5 Å². The van der Waals surface area contributed by atoms with Crippen LogP contribution in [0, 0.1) is 0 Å². The van der Waals surface area contributed by atoms with Gasteiger partial charge in [0.1, 0.15) is 6.61 Å². The van der Waals surface area contributed by atoms with Crippen molar-refractivity contribution in [1.29, 1.82) is 0 Å². The van der Waals surface area contributed by atoms with Gasteiger partial charge < -0.3 is 55.0 Å². The maximum Gasteiger partial charge on any atom is 0.261 e. The van der Waals surface area contributed by atoms with E-state index in [-0.39, 0.29) is 56.5 Å². The van der Waals surface area contributed by atoms with Gasteiger partial charge in [0.15, 0.2) is 6.23 Å². The molecule has 4 amide bonds. The van der Waals surface area contributed by atoms with Crippen LogP contribution in [-0.4, -0.2) is 192 Å². The second-order valence-corrected chi connectivity index (χ2v) is 16.9. The Hall–Kier alpha value is -5.20. The third kappa shape index (κ3) is 9.39. The monoisotopic (exact) mass is 863 g/mol.